The first-order valence-corrected chi connectivity index (χ1v) is 5.96. The summed E-state index contributed by atoms with van der Waals surface area (Å²) in [5, 5.41) is 0.269. The lowest BCUT2D eigenvalue weighted by atomic mass is 10.2. The molecule has 1 atom stereocenters. The maximum Gasteiger partial charge on any atom is 0.255 e. The van der Waals surface area contributed by atoms with Gasteiger partial charge in [-0.3, -0.25) is 9.36 Å². The summed E-state index contributed by atoms with van der Waals surface area (Å²) in [6.07, 6.45) is 2.92. The van der Waals surface area contributed by atoms with Gasteiger partial charge in [0, 0.05) is 19.1 Å². The van der Waals surface area contributed by atoms with Gasteiger partial charge in [-0.2, -0.15) is 0 Å². The van der Waals surface area contributed by atoms with E-state index in [0.717, 1.165) is 25.3 Å². The quantitative estimate of drug-likeness (QED) is 0.757. The molecule has 88 valence electrons. The van der Waals surface area contributed by atoms with Crippen molar-refractivity contribution in [3.63, 3.8) is 0 Å². The Labute approximate surface area is 99.2 Å². The predicted molar refractivity (Wildman–Crippen MR) is 61.9 cm³/mol. The Morgan fingerprint density at radius 2 is 2.50 bits per heavy atom. The minimum absolute atomic E-state index is 0.0904. The van der Waals surface area contributed by atoms with Gasteiger partial charge in [0.2, 0.25) is 0 Å². The number of aryl methyl sites for hydroxylation is 1. The van der Waals surface area contributed by atoms with Crippen molar-refractivity contribution in [1.29, 1.82) is 0 Å². The van der Waals surface area contributed by atoms with Crippen LogP contribution in [0.1, 0.15) is 25.6 Å². The molecule has 0 N–H and O–H groups in total. The molecule has 0 radical (unpaired) electrons. The van der Waals surface area contributed by atoms with Gasteiger partial charge in [-0.15, -0.1) is 0 Å². The molecule has 2 rings (SSSR count). The molecule has 1 unspecified atom stereocenters. The summed E-state index contributed by atoms with van der Waals surface area (Å²) >= 11 is 5.76. The Morgan fingerprint density at radius 1 is 1.69 bits per heavy atom. The fourth-order valence-electron chi connectivity index (χ4n) is 1.98. The first-order chi connectivity index (χ1) is 7.70. The van der Waals surface area contributed by atoms with Gasteiger partial charge in [0.05, 0.1) is 12.6 Å². The summed E-state index contributed by atoms with van der Waals surface area (Å²) in [5.41, 5.74) is -0.0904. The molecule has 2 heterocycles. The van der Waals surface area contributed by atoms with E-state index in [1.54, 1.807) is 4.57 Å². The number of halogens is 1. The average Bonchev–Trinajstić information content (AvgIpc) is 2.74. The maximum absolute atomic E-state index is 11.8. The standard InChI is InChI=1S/C11H15ClN2O2/c1-2-10-13-9(12)6-11(15)14(10)7-8-4-3-5-16-8/h6,8H,2-5,7H2,1H3. The van der Waals surface area contributed by atoms with Crippen LogP contribution in [0.5, 0.6) is 0 Å². The number of rotatable bonds is 3. The SMILES string of the molecule is CCc1nc(Cl)cc(=O)n1CC1CCCO1. The van der Waals surface area contributed by atoms with Crippen molar-refractivity contribution in [3.05, 3.63) is 27.4 Å². The van der Waals surface area contributed by atoms with Crippen molar-refractivity contribution < 1.29 is 4.74 Å². The highest BCUT2D eigenvalue weighted by atomic mass is 35.5. The summed E-state index contributed by atoms with van der Waals surface area (Å²) in [6.45, 7) is 3.35. The summed E-state index contributed by atoms with van der Waals surface area (Å²) in [6, 6.07) is 1.36. The summed E-state index contributed by atoms with van der Waals surface area (Å²) in [4.78, 5) is 16.0. The van der Waals surface area contributed by atoms with Gasteiger partial charge in [0.1, 0.15) is 11.0 Å². The summed E-state index contributed by atoms with van der Waals surface area (Å²) < 4.78 is 7.19. The maximum atomic E-state index is 11.8. The summed E-state index contributed by atoms with van der Waals surface area (Å²) in [7, 11) is 0. The van der Waals surface area contributed by atoms with Crippen molar-refractivity contribution in [1.82, 2.24) is 9.55 Å². The molecule has 4 nitrogen and oxygen atoms in total. The van der Waals surface area contributed by atoms with Crippen LogP contribution in [0.3, 0.4) is 0 Å². The van der Waals surface area contributed by atoms with E-state index in [4.69, 9.17) is 16.3 Å². The molecule has 0 aliphatic carbocycles. The van der Waals surface area contributed by atoms with Crippen LogP contribution in [-0.4, -0.2) is 22.3 Å². The number of aromatic nitrogens is 2. The molecular formula is C11H15ClN2O2. The van der Waals surface area contributed by atoms with E-state index in [-0.39, 0.29) is 16.8 Å². The highest BCUT2D eigenvalue weighted by Crippen LogP contribution is 2.14. The van der Waals surface area contributed by atoms with Gasteiger partial charge in [0.25, 0.3) is 5.56 Å². The number of hydrogen-bond acceptors (Lipinski definition) is 3. The van der Waals surface area contributed by atoms with Gasteiger partial charge in [-0.1, -0.05) is 18.5 Å². The van der Waals surface area contributed by atoms with Crippen molar-refractivity contribution >= 4 is 11.6 Å². The van der Waals surface area contributed by atoms with Crippen LogP contribution in [0.4, 0.5) is 0 Å². The minimum atomic E-state index is -0.0904. The van der Waals surface area contributed by atoms with E-state index in [1.165, 1.54) is 6.07 Å². The molecule has 1 aliphatic heterocycles. The lowest BCUT2D eigenvalue weighted by Crippen LogP contribution is -2.29. The number of ether oxygens (including phenoxy) is 1. The van der Waals surface area contributed by atoms with Crippen LogP contribution in [0.15, 0.2) is 10.9 Å². The fraction of sp³-hybridized carbons (Fsp3) is 0.636. The third kappa shape index (κ3) is 2.44. The Hall–Kier alpha value is -0.870. The van der Waals surface area contributed by atoms with Crippen LogP contribution in [0.2, 0.25) is 5.15 Å². The highest BCUT2D eigenvalue weighted by Gasteiger charge is 2.18. The van der Waals surface area contributed by atoms with Crippen molar-refractivity contribution in [3.8, 4) is 0 Å². The van der Waals surface area contributed by atoms with E-state index in [1.807, 2.05) is 6.92 Å². The highest BCUT2D eigenvalue weighted by molar-refractivity contribution is 6.29. The Morgan fingerprint density at radius 3 is 3.12 bits per heavy atom. The van der Waals surface area contributed by atoms with Crippen molar-refractivity contribution in [2.45, 2.75) is 38.8 Å². The Balaban J connectivity index is 2.27. The van der Waals surface area contributed by atoms with Crippen LogP contribution in [0.25, 0.3) is 0 Å². The van der Waals surface area contributed by atoms with Gasteiger partial charge >= 0.3 is 0 Å². The normalized spacial score (nSPS) is 20.2. The molecule has 0 bridgehead atoms. The van der Waals surface area contributed by atoms with Crippen molar-refractivity contribution in [2.24, 2.45) is 0 Å². The molecule has 0 aromatic carbocycles. The first kappa shape index (κ1) is 11.6. The molecule has 1 aromatic rings. The molecule has 1 saturated heterocycles. The molecule has 0 amide bonds. The molecule has 16 heavy (non-hydrogen) atoms. The van der Waals surface area contributed by atoms with Crippen LogP contribution in [0, 0.1) is 0 Å². The van der Waals surface area contributed by atoms with E-state index < -0.39 is 0 Å². The molecule has 5 heteroatoms. The number of nitrogens with zero attached hydrogens (tertiary/aromatic N) is 2. The lowest BCUT2D eigenvalue weighted by Gasteiger charge is -2.14. The fourth-order valence-corrected chi connectivity index (χ4v) is 2.17. The molecule has 1 fully saturated rings. The zero-order valence-corrected chi connectivity index (χ0v) is 10.0. The van der Waals surface area contributed by atoms with E-state index in [0.29, 0.717) is 13.0 Å². The van der Waals surface area contributed by atoms with Gasteiger partial charge in [-0.25, -0.2) is 4.98 Å². The minimum Gasteiger partial charge on any atom is -0.376 e. The zero-order chi connectivity index (χ0) is 11.5. The molecule has 0 saturated carbocycles. The predicted octanol–water partition coefficient (Wildman–Crippen LogP) is 1.64. The van der Waals surface area contributed by atoms with E-state index >= 15 is 0 Å². The second-order valence-corrected chi connectivity index (χ2v) is 4.32. The molecule has 0 spiro atoms. The molecule has 1 aliphatic rings. The summed E-state index contributed by atoms with van der Waals surface area (Å²) in [5.74, 6) is 0.730. The number of hydrogen-bond donors (Lipinski definition) is 0. The van der Waals surface area contributed by atoms with Gasteiger partial charge in [0.15, 0.2) is 0 Å². The van der Waals surface area contributed by atoms with Gasteiger partial charge in [-0.05, 0) is 12.8 Å². The lowest BCUT2D eigenvalue weighted by molar-refractivity contribution is 0.0951. The largest absolute Gasteiger partial charge is 0.376 e. The Kier molecular flexibility index (Phi) is 3.61. The third-order valence-corrected chi connectivity index (χ3v) is 2.98. The molecule has 1 aromatic heterocycles. The van der Waals surface area contributed by atoms with Crippen molar-refractivity contribution in [2.75, 3.05) is 6.61 Å². The topological polar surface area (TPSA) is 44.1 Å². The third-order valence-electron chi connectivity index (χ3n) is 2.78. The average molecular weight is 243 g/mol. The second-order valence-electron chi connectivity index (χ2n) is 3.93. The monoisotopic (exact) mass is 242 g/mol. The van der Waals surface area contributed by atoms with Crippen LogP contribution in [-0.2, 0) is 17.7 Å². The smallest absolute Gasteiger partial charge is 0.255 e. The first-order valence-electron chi connectivity index (χ1n) is 5.58. The van der Waals surface area contributed by atoms with Crippen LogP contribution >= 0.6 is 11.6 Å². The van der Waals surface area contributed by atoms with Crippen LogP contribution < -0.4 is 5.56 Å². The van der Waals surface area contributed by atoms with Gasteiger partial charge < -0.3 is 4.74 Å². The second kappa shape index (κ2) is 4.97. The Bertz CT molecular complexity index is 424. The van der Waals surface area contributed by atoms with E-state index in [9.17, 15) is 4.79 Å². The van der Waals surface area contributed by atoms with E-state index in [2.05, 4.69) is 4.98 Å². The zero-order valence-electron chi connectivity index (χ0n) is 9.28. The molecular weight excluding hydrogens is 228 g/mol.